The third-order valence-electron chi connectivity index (χ3n) is 6.89. The Morgan fingerprint density at radius 1 is 1.16 bits per heavy atom. The van der Waals surface area contributed by atoms with E-state index in [4.69, 9.17) is 25.5 Å². The largest absolute Gasteiger partial charge is 0.461 e. The van der Waals surface area contributed by atoms with Crippen LogP contribution in [0.3, 0.4) is 0 Å². The van der Waals surface area contributed by atoms with Crippen molar-refractivity contribution in [3.05, 3.63) is 94.1 Å². The maximum absolute atomic E-state index is 13.6. The van der Waals surface area contributed by atoms with Gasteiger partial charge < -0.3 is 19.2 Å². The second kappa shape index (κ2) is 10.6. The molecule has 190 valence electrons. The third-order valence-corrected chi connectivity index (χ3v) is 7.15. The number of carbonyl (C=O) groups is 3. The van der Waals surface area contributed by atoms with Gasteiger partial charge in [0.1, 0.15) is 0 Å². The molecule has 0 fully saturated rings. The molecule has 0 radical (unpaired) electrons. The summed E-state index contributed by atoms with van der Waals surface area (Å²) in [7, 11) is 0. The Hall–Kier alpha value is -3.84. The second-order valence-electron chi connectivity index (χ2n) is 9.27. The maximum Gasteiger partial charge on any atom is 0.231 e. The fraction of sp³-hybridized carbons (Fsp3) is 0.276. The first kappa shape index (κ1) is 24.8. The van der Waals surface area contributed by atoms with E-state index < -0.39 is 11.6 Å². The molecule has 1 N–H and O–H groups in total. The molecule has 2 atom stereocenters. The van der Waals surface area contributed by atoms with Crippen LogP contribution in [0.2, 0.25) is 0 Å². The molecule has 1 aromatic carbocycles. The highest BCUT2D eigenvalue weighted by molar-refractivity contribution is 6.31. The summed E-state index contributed by atoms with van der Waals surface area (Å²) in [6.07, 6.45) is 12.4. The van der Waals surface area contributed by atoms with Gasteiger partial charge >= 0.3 is 0 Å². The van der Waals surface area contributed by atoms with E-state index in [1.807, 2.05) is 25.2 Å². The highest BCUT2D eigenvalue weighted by Crippen LogP contribution is 2.42. The topological polar surface area (TPSA) is 94.8 Å². The zero-order valence-electron chi connectivity index (χ0n) is 20.3. The van der Waals surface area contributed by atoms with E-state index in [2.05, 4.69) is 5.32 Å². The molecule has 5 rings (SSSR count). The average Bonchev–Trinajstić information content (AvgIpc) is 3.57. The van der Waals surface area contributed by atoms with Crippen LogP contribution in [0.25, 0.3) is 0 Å². The van der Waals surface area contributed by atoms with Gasteiger partial charge in [-0.15, -0.1) is 0 Å². The Morgan fingerprint density at radius 3 is 2.76 bits per heavy atom. The van der Waals surface area contributed by atoms with E-state index in [9.17, 15) is 14.4 Å². The van der Waals surface area contributed by atoms with Crippen molar-refractivity contribution in [1.29, 1.82) is 0 Å². The number of amides is 1. The highest BCUT2D eigenvalue weighted by atomic mass is 35.5. The van der Waals surface area contributed by atoms with Crippen molar-refractivity contribution in [3.8, 4) is 11.5 Å². The number of benzene rings is 1. The summed E-state index contributed by atoms with van der Waals surface area (Å²) in [6, 6.07) is 6.56. The lowest BCUT2D eigenvalue weighted by atomic mass is 9.76. The normalized spacial score (nSPS) is 20.9. The summed E-state index contributed by atoms with van der Waals surface area (Å²) < 4.78 is 16.3. The van der Waals surface area contributed by atoms with Crippen molar-refractivity contribution >= 4 is 29.1 Å². The molecule has 1 aliphatic heterocycles. The molecular weight excluding hydrogens is 494 g/mol. The molecule has 0 bridgehead atoms. The van der Waals surface area contributed by atoms with Gasteiger partial charge in [-0.2, -0.15) is 0 Å². The van der Waals surface area contributed by atoms with Crippen molar-refractivity contribution in [3.63, 3.8) is 0 Å². The number of hydrogen-bond donors (Lipinski definition) is 1. The number of rotatable bonds is 5. The molecule has 37 heavy (non-hydrogen) atoms. The fourth-order valence-corrected chi connectivity index (χ4v) is 4.97. The molecule has 8 heteroatoms. The van der Waals surface area contributed by atoms with E-state index in [-0.39, 0.29) is 42.3 Å². The van der Waals surface area contributed by atoms with Crippen LogP contribution >= 0.6 is 11.6 Å². The Labute approximate surface area is 219 Å². The SMILES string of the molecule is CC1c2cc3c(cc2C(=O)C(C(=O)c2ccco2)=CCC1CC(=O)NC1=CC=C(Cl)C=CCC1)OCO3. The number of furan rings is 1. The van der Waals surface area contributed by atoms with Crippen LogP contribution in [0.5, 0.6) is 11.5 Å². The molecule has 7 nitrogen and oxygen atoms in total. The average molecular weight is 520 g/mol. The Morgan fingerprint density at radius 2 is 1.97 bits per heavy atom. The standard InChI is InChI=1S/C29H26ClNO6/c1-17-18(13-27(32)31-20-6-3-2-5-19(30)9-10-20)8-11-21(29(34)24-7-4-12-35-24)28(33)23-15-26-25(14-22(17)23)36-16-37-26/h2,4-5,7,9-12,14-15,17-18H,3,6,8,13,16H2,1H3,(H,31,32). The number of fused-ring (bicyclic) bond motifs is 2. The van der Waals surface area contributed by atoms with Gasteiger partial charge in [0, 0.05) is 22.7 Å². The molecule has 2 aliphatic carbocycles. The molecule has 2 unspecified atom stereocenters. The summed E-state index contributed by atoms with van der Waals surface area (Å²) in [6.45, 7) is 2.05. The van der Waals surface area contributed by atoms with Crippen molar-refractivity contribution in [2.24, 2.45) is 5.92 Å². The lowest BCUT2D eigenvalue weighted by Gasteiger charge is -2.27. The van der Waals surface area contributed by atoms with E-state index in [1.165, 1.54) is 12.3 Å². The molecule has 1 aromatic heterocycles. The van der Waals surface area contributed by atoms with E-state index in [1.54, 1.807) is 30.4 Å². The Kier molecular flexibility index (Phi) is 7.15. The number of allylic oxidation sites excluding steroid dienone is 8. The quantitative estimate of drug-likeness (QED) is 0.385. The smallest absolute Gasteiger partial charge is 0.231 e. The first-order valence-electron chi connectivity index (χ1n) is 12.2. The van der Waals surface area contributed by atoms with Crippen molar-refractivity contribution in [1.82, 2.24) is 5.32 Å². The number of ether oxygens (including phenoxy) is 2. The highest BCUT2D eigenvalue weighted by Gasteiger charge is 2.34. The van der Waals surface area contributed by atoms with Crippen molar-refractivity contribution in [2.75, 3.05) is 6.79 Å². The van der Waals surface area contributed by atoms with Gasteiger partial charge in [-0.1, -0.05) is 30.7 Å². The monoisotopic (exact) mass is 519 g/mol. The van der Waals surface area contributed by atoms with Gasteiger partial charge in [0.25, 0.3) is 0 Å². The summed E-state index contributed by atoms with van der Waals surface area (Å²) >= 11 is 6.11. The molecule has 2 heterocycles. The summed E-state index contributed by atoms with van der Waals surface area (Å²) in [4.78, 5) is 39.9. The van der Waals surface area contributed by atoms with Crippen LogP contribution in [0.15, 0.2) is 81.6 Å². The summed E-state index contributed by atoms with van der Waals surface area (Å²) in [5, 5.41) is 3.61. The van der Waals surface area contributed by atoms with Gasteiger partial charge in [0.2, 0.25) is 18.5 Å². The minimum atomic E-state index is -0.493. The van der Waals surface area contributed by atoms with E-state index in [0.29, 0.717) is 34.9 Å². The Balaban J connectivity index is 1.46. The van der Waals surface area contributed by atoms with Gasteiger partial charge in [-0.3, -0.25) is 14.4 Å². The van der Waals surface area contributed by atoms with Crippen molar-refractivity contribution in [2.45, 2.75) is 38.5 Å². The van der Waals surface area contributed by atoms with Gasteiger partial charge in [0.05, 0.1) is 11.8 Å². The molecular formula is C29H26ClNO6. The van der Waals surface area contributed by atoms with Gasteiger partial charge in [-0.25, -0.2) is 0 Å². The second-order valence-corrected chi connectivity index (χ2v) is 9.70. The Bertz CT molecular complexity index is 1360. The minimum Gasteiger partial charge on any atom is -0.461 e. The number of nitrogens with one attached hydrogen (secondary N) is 1. The maximum atomic E-state index is 13.6. The summed E-state index contributed by atoms with van der Waals surface area (Å²) in [5.74, 6) is -0.300. The van der Waals surface area contributed by atoms with Crippen LogP contribution in [0.4, 0.5) is 0 Å². The minimum absolute atomic E-state index is 0.0154. The van der Waals surface area contributed by atoms with Crippen LogP contribution in [0, 0.1) is 5.92 Å². The first-order valence-corrected chi connectivity index (χ1v) is 12.6. The van der Waals surface area contributed by atoms with Gasteiger partial charge in [0.15, 0.2) is 23.0 Å². The predicted octanol–water partition coefficient (Wildman–Crippen LogP) is 5.99. The molecule has 2 aromatic rings. The molecule has 3 aliphatic rings. The zero-order valence-corrected chi connectivity index (χ0v) is 21.0. The van der Waals surface area contributed by atoms with E-state index >= 15 is 0 Å². The van der Waals surface area contributed by atoms with Crippen LogP contribution in [-0.2, 0) is 4.79 Å². The van der Waals surface area contributed by atoms with Crippen LogP contribution in [-0.4, -0.2) is 24.3 Å². The third kappa shape index (κ3) is 5.32. The molecule has 1 amide bonds. The lowest BCUT2D eigenvalue weighted by Crippen LogP contribution is -2.28. The lowest BCUT2D eigenvalue weighted by molar-refractivity contribution is -0.121. The number of Topliss-reactive ketones (excluding diaryl/α,β-unsaturated/α-hetero) is 2. The predicted molar refractivity (Wildman–Crippen MR) is 138 cm³/mol. The number of halogens is 1. The number of carbonyl (C=O) groups excluding carboxylic acids is 3. The van der Waals surface area contributed by atoms with Gasteiger partial charge in [-0.05, 0) is 79.2 Å². The van der Waals surface area contributed by atoms with Crippen LogP contribution in [0.1, 0.15) is 65.0 Å². The van der Waals surface area contributed by atoms with Crippen LogP contribution < -0.4 is 14.8 Å². The number of hydrogen-bond acceptors (Lipinski definition) is 6. The zero-order chi connectivity index (χ0) is 25.9. The number of ketones is 2. The van der Waals surface area contributed by atoms with Crippen molar-refractivity contribution < 1.29 is 28.3 Å². The first-order chi connectivity index (χ1) is 17.9. The molecule has 0 saturated heterocycles. The summed E-state index contributed by atoms with van der Waals surface area (Å²) in [5.41, 5.74) is 1.88. The molecule has 0 saturated carbocycles. The fourth-order valence-electron chi connectivity index (χ4n) is 4.82. The molecule has 0 spiro atoms. The van der Waals surface area contributed by atoms with E-state index in [0.717, 1.165) is 17.7 Å².